The lowest BCUT2D eigenvalue weighted by Gasteiger charge is -2.35. The Morgan fingerprint density at radius 1 is 0.909 bits per heavy atom. The van der Waals surface area contributed by atoms with Gasteiger partial charge in [0, 0.05) is 13.0 Å². The molecule has 0 N–H and O–H groups in total. The normalized spacial score (nSPS) is 15.5. The number of carbonyl (C=O) groups is 1. The first-order valence-electron chi connectivity index (χ1n) is 10.7. The maximum absolute atomic E-state index is 14.2. The van der Waals surface area contributed by atoms with Crippen LogP contribution in [0.15, 0.2) is 66.7 Å². The first kappa shape index (κ1) is 22.9. The summed E-state index contributed by atoms with van der Waals surface area (Å²) in [5.41, 5.74) is 1.88. The zero-order valence-corrected chi connectivity index (χ0v) is 18.1. The number of hydrogen-bond acceptors (Lipinski definition) is 3. The average Bonchev–Trinajstić information content (AvgIpc) is 3.25. The zero-order valence-electron chi connectivity index (χ0n) is 18.1. The molecule has 1 fully saturated rings. The molecule has 1 unspecified atom stereocenters. The topological polar surface area (TPSA) is 38.8 Å². The van der Waals surface area contributed by atoms with Crippen molar-refractivity contribution in [2.24, 2.45) is 0 Å². The van der Waals surface area contributed by atoms with E-state index < -0.39 is 29.6 Å². The summed E-state index contributed by atoms with van der Waals surface area (Å²) in [6.07, 6.45) is 0.259. The van der Waals surface area contributed by atoms with Crippen LogP contribution in [0.3, 0.4) is 0 Å². The van der Waals surface area contributed by atoms with Gasteiger partial charge in [0.15, 0.2) is 11.6 Å². The fourth-order valence-corrected chi connectivity index (χ4v) is 4.11. The first-order chi connectivity index (χ1) is 16.0. The molecule has 4 rings (SSSR count). The summed E-state index contributed by atoms with van der Waals surface area (Å²) in [7, 11) is 1.57. The van der Waals surface area contributed by atoms with Gasteiger partial charge in [-0.05, 0) is 59.5 Å². The van der Waals surface area contributed by atoms with Gasteiger partial charge in [0.25, 0.3) is 0 Å². The van der Waals surface area contributed by atoms with E-state index in [4.69, 9.17) is 9.47 Å². The summed E-state index contributed by atoms with van der Waals surface area (Å²) in [6, 6.07) is 16.0. The van der Waals surface area contributed by atoms with E-state index in [2.05, 4.69) is 0 Å². The van der Waals surface area contributed by atoms with E-state index in [0.717, 1.165) is 17.7 Å². The third-order valence-electron chi connectivity index (χ3n) is 5.80. The number of methoxy groups -OCH3 is 1. The predicted octanol–water partition coefficient (Wildman–Crippen LogP) is 5.73. The van der Waals surface area contributed by atoms with Crippen molar-refractivity contribution in [3.63, 3.8) is 0 Å². The predicted molar refractivity (Wildman–Crippen MR) is 117 cm³/mol. The Hall–Kier alpha value is -3.32. The SMILES string of the molecule is COc1ccc(COC(c2ccc(F)c(F)c2)[C@H](c2ccc(F)cc2)N2CCCC2=O)cc1. The van der Waals surface area contributed by atoms with Crippen molar-refractivity contribution >= 4 is 5.91 Å². The third-order valence-corrected chi connectivity index (χ3v) is 5.80. The van der Waals surface area contributed by atoms with Crippen LogP contribution in [-0.4, -0.2) is 24.5 Å². The van der Waals surface area contributed by atoms with Gasteiger partial charge in [0.05, 0.1) is 19.8 Å². The molecule has 0 aromatic heterocycles. The Labute approximate surface area is 190 Å². The number of benzene rings is 3. The number of amides is 1. The number of carbonyl (C=O) groups excluding carboxylic acids is 1. The molecule has 3 aromatic rings. The fraction of sp³-hybridized carbons (Fsp3) is 0.269. The van der Waals surface area contributed by atoms with Gasteiger partial charge in [-0.25, -0.2) is 13.2 Å². The number of likely N-dealkylation sites (tertiary alicyclic amines) is 1. The van der Waals surface area contributed by atoms with Gasteiger partial charge in [0.2, 0.25) is 5.91 Å². The maximum Gasteiger partial charge on any atom is 0.223 e. The molecule has 1 amide bonds. The van der Waals surface area contributed by atoms with Crippen molar-refractivity contribution in [2.75, 3.05) is 13.7 Å². The van der Waals surface area contributed by atoms with Gasteiger partial charge in [-0.1, -0.05) is 30.3 Å². The van der Waals surface area contributed by atoms with E-state index in [1.165, 1.54) is 18.2 Å². The molecule has 0 bridgehead atoms. The van der Waals surface area contributed by atoms with Gasteiger partial charge >= 0.3 is 0 Å². The molecule has 4 nitrogen and oxygen atoms in total. The van der Waals surface area contributed by atoms with Gasteiger partial charge in [-0.2, -0.15) is 0 Å². The van der Waals surface area contributed by atoms with Gasteiger partial charge in [0.1, 0.15) is 17.7 Å². The van der Waals surface area contributed by atoms with Crippen LogP contribution >= 0.6 is 0 Å². The van der Waals surface area contributed by atoms with E-state index in [0.29, 0.717) is 36.3 Å². The fourth-order valence-electron chi connectivity index (χ4n) is 4.11. The minimum Gasteiger partial charge on any atom is -0.497 e. The Morgan fingerprint density at radius 2 is 1.61 bits per heavy atom. The Morgan fingerprint density at radius 3 is 2.21 bits per heavy atom. The number of rotatable bonds is 8. The monoisotopic (exact) mass is 455 g/mol. The summed E-state index contributed by atoms with van der Waals surface area (Å²) in [5.74, 6) is -1.75. The molecule has 3 aromatic carbocycles. The van der Waals surface area contributed by atoms with E-state index in [1.807, 2.05) is 12.1 Å². The lowest BCUT2D eigenvalue weighted by Crippen LogP contribution is -2.35. The van der Waals surface area contributed by atoms with Crippen LogP contribution in [0, 0.1) is 17.5 Å². The second-order valence-electron chi connectivity index (χ2n) is 7.94. The molecule has 7 heteroatoms. The molecule has 0 aliphatic carbocycles. The van der Waals surface area contributed by atoms with Crippen molar-refractivity contribution in [2.45, 2.75) is 31.6 Å². The molecule has 0 saturated carbocycles. The molecule has 1 aliphatic heterocycles. The molecule has 33 heavy (non-hydrogen) atoms. The van der Waals surface area contributed by atoms with E-state index in [9.17, 15) is 18.0 Å². The van der Waals surface area contributed by atoms with Crippen LogP contribution in [0.25, 0.3) is 0 Å². The van der Waals surface area contributed by atoms with E-state index in [1.54, 1.807) is 36.3 Å². The lowest BCUT2D eigenvalue weighted by molar-refractivity contribution is -0.134. The summed E-state index contributed by atoms with van der Waals surface area (Å²) in [5, 5.41) is 0. The van der Waals surface area contributed by atoms with Gasteiger partial charge in [-0.3, -0.25) is 4.79 Å². The van der Waals surface area contributed by atoms with Gasteiger partial charge < -0.3 is 14.4 Å². The quantitative estimate of drug-likeness (QED) is 0.435. The van der Waals surface area contributed by atoms with Crippen molar-refractivity contribution < 1.29 is 27.4 Å². The smallest absolute Gasteiger partial charge is 0.223 e. The summed E-state index contributed by atoms with van der Waals surface area (Å²) >= 11 is 0. The Kier molecular flexibility index (Phi) is 6.99. The molecular weight excluding hydrogens is 431 g/mol. The molecule has 1 heterocycles. The molecule has 0 radical (unpaired) electrons. The summed E-state index contributed by atoms with van der Waals surface area (Å²) < 4.78 is 53.0. The average molecular weight is 455 g/mol. The number of hydrogen-bond donors (Lipinski definition) is 0. The van der Waals surface area contributed by atoms with Crippen LogP contribution in [0.1, 0.15) is 41.7 Å². The lowest BCUT2D eigenvalue weighted by atomic mass is 9.94. The van der Waals surface area contributed by atoms with E-state index >= 15 is 0 Å². The Balaban J connectivity index is 1.73. The van der Waals surface area contributed by atoms with Crippen LogP contribution < -0.4 is 4.74 Å². The van der Waals surface area contributed by atoms with Crippen molar-refractivity contribution in [3.05, 3.63) is 101 Å². The first-order valence-corrected chi connectivity index (χ1v) is 10.7. The second kappa shape index (κ2) is 10.1. The second-order valence-corrected chi connectivity index (χ2v) is 7.94. The van der Waals surface area contributed by atoms with Crippen LogP contribution in [-0.2, 0) is 16.1 Å². The molecule has 1 aliphatic rings. The van der Waals surface area contributed by atoms with Crippen LogP contribution in [0.2, 0.25) is 0 Å². The third kappa shape index (κ3) is 5.20. The largest absolute Gasteiger partial charge is 0.497 e. The number of halogens is 3. The molecule has 2 atom stereocenters. The number of ether oxygens (including phenoxy) is 2. The highest BCUT2D eigenvalue weighted by molar-refractivity contribution is 5.78. The molecule has 172 valence electrons. The van der Waals surface area contributed by atoms with Crippen molar-refractivity contribution in [1.29, 1.82) is 0 Å². The molecular formula is C26H24F3NO3. The maximum atomic E-state index is 14.2. The van der Waals surface area contributed by atoms with Crippen molar-refractivity contribution in [3.8, 4) is 5.75 Å². The standard InChI is InChI=1S/C26H24F3NO3/c1-32-21-11-4-17(5-12-21)16-33-26(19-8-13-22(28)23(29)15-19)25(30-14-2-3-24(30)31)18-6-9-20(27)10-7-18/h4-13,15,25-26H,2-3,14,16H2,1H3/t25-,26?/m0/s1. The van der Waals surface area contributed by atoms with E-state index in [-0.39, 0.29) is 12.5 Å². The zero-order chi connectivity index (χ0) is 23.4. The molecule has 0 spiro atoms. The highest BCUT2D eigenvalue weighted by Gasteiger charge is 2.36. The summed E-state index contributed by atoms with van der Waals surface area (Å²) in [4.78, 5) is 14.4. The van der Waals surface area contributed by atoms with Crippen LogP contribution in [0.4, 0.5) is 13.2 Å². The van der Waals surface area contributed by atoms with Crippen LogP contribution in [0.5, 0.6) is 5.75 Å². The Bertz CT molecular complexity index is 1100. The van der Waals surface area contributed by atoms with Crippen molar-refractivity contribution in [1.82, 2.24) is 4.90 Å². The summed E-state index contributed by atoms with van der Waals surface area (Å²) in [6.45, 7) is 0.653. The number of nitrogens with zero attached hydrogens (tertiary/aromatic N) is 1. The minimum absolute atomic E-state index is 0.0649. The minimum atomic E-state index is -1.00. The highest BCUT2D eigenvalue weighted by atomic mass is 19.2. The highest BCUT2D eigenvalue weighted by Crippen LogP contribution is 2.40. The van der Waals surface area contributed by atoms with Gasteiger partial charge in [-0.15, -0.1) is 0 Å². The molecule has 1 saturated heterocycles.